The first-order chi connectivity index (χ1) is 6.25. The zero-order valence-corrected chi connectivity index (χ0v) is 8.81. The van der Waals surface area contributed by atoms with Gasteiger partial charge in [0, 0.05) is 25.7 Å². The molecule has 2 unspecified atom stereocenters. The van der Waals surface area contributed by atoms with Gasteiger partial charge >= 0.3 is 0 Å². The van der Waals surface area contributed by atoms with E-state index in [2.05, 4.69) is 12.2 Å². The van der Waals surface area contributed by atoms with E-state index in [1.54, 1.807) is 7.11 Å². The van der Waals surface area contributed by atoms with Gasteiger partial charge in [-0.2, -0.15) is 0 Å². The van der Waals surface area contributed by atoms with Crippen molar-refractivity contribution in [2.75, 3.05) is 26.8 Å². The third-order valence-corrected chi connectivity index (χ3v) is 3.35. The average molecular weight is 186 g/mol. The monoisotopic (exact) mass is 186 g/mol. The Hall–Kier alpha value is -0.120. The van der Waals surface area contributed by atoms with E-state index in [-0.39, 0.29) is 5.54 Å². The summed E-state index contributed by atoms with van der Waals surface area (Å²) in [6, 6.07) is 0. The number of nitrogens with one attached hydrogen (secondary N) is 1. The largest absolute Gasteiger partial charge is 0.383 e. The van der Waals surface area contributed by atoms with Gasteiger partial charge in [-0.1, -0.05) is 13.3 Å². The highest BCUT2D eigenvalue weighted by atomic mass is 16.5. The summed E-state index contributed by atoms with van der Waals surface area (Å²) >= 11 is 0. The van der Waals surface area contributed by atoms with Gasteiger partial charge in [0.2, 0.25) is 0 Å². The van der Waals surface area contributed by atoms with Gasteiger partial charge in [-0.3, -0.25) is 0 Å². The van der Waals surface area contributed by atoms with Crippen LogP contribution in [0.15, 0.2) is 0 Å². The lowest BCUT2D eigenvalue weighted by atomic mass is 9.88. The third kappa shape index (κ3) is 2.42. The first-order valence-corrected chi connectivity index (χ1v) is 5.19. The van der Waals surface area contributed by atoms with Crippen molar-refractivity contribution in [2.24, 2.45) is 11.7 Å². The summed E-state index contributed by atoms with van der Waals surface area (Å²) < 4.78 is 5.02. The molecule has 0 aromatic rings. The maximum Gasteiger partial charge on any atom is 0.0587 e. The van der Waals surface area contributed by atoms with Crippen LogP contribution in [0.3, 0.4) is 0 Å². The van der Waals surface area contributed by atoms with Crippen molar-refractivity contribution >= 4 is 0 Å². The van der Waals surface area contributed by atoms with E-state index in [4.69, 9.17) is 10.5 Å². The Labute approximate surface area is 81.0 Å². The van der Waals surface area contributed by atoms with Crippen molar-refractivity contribution in [1.29, 1.82) is 0 Å². The van der Waals surface area contributed by atoms with E-state index in [1.807, 2.05) is 0 Å². The first-order valence-electron chi connectivity index (χ1n) is 5.19. The van der Waals surface area contributed by atoms with Crippen molar-refractivity contribution in [1.82, 2.24) is 5.32 Å². The SMILES string of the molecule is COCCNC1(CN)CCCC1C. The molecule has 0 radical (unpaired) electrons. The highest BCUT2D eigenvalue weighted by Gasteiger charge is 2.38. The molecule has 0 spiro atoms. The Morgan fingerprint density at radius 2 is 2.38 bits per heavy atom. The summed E-state index contributed by atoms with van der Waals surface area (Å²) in [6.45, 7) is 4.73. The third-order valence-electron chi connectivity index (χ3n) is 3.35. The number of ether oxygens (including phenoxy) is 1. The van der Waals surface area contributed by atoms with E-state index in [0.717, 1.165) is 19.7 Å². The molecular weight excluding hydrogens is 164 g/mol. The van der Waals surface area contributed by atoms with E-state index in [0.29, 0.717) is 5.92 Å². The molecule has 1 aliphatic carbocycles. The fourth-order valence-electron chi connectivity index (χ4n) is 2.29. The van der Waals surface area contributed by atoms with Crippen molar-refractivity contribution in [3.63, 3.8) is 0 Å². The molecule has 0 aromatic heterocycles. The smallest absolute Gasteiger partial charge is 0.0587 e. The molecule has 0 heterocycles. The van der Waals surface area contributed by atoms with E-state index in [9.17, 15) is 0 Å². The number of nitrogens with two attached hydrogens (primary N) is 1. The molecule has 0 amide bonds. The zero-order valence-electron chi connectivity index (χ0n) is 8.81. The van der Waals surface area contributed by atoms with Crippen molar-refractivity contribution in [3.8, 4) is 0 Å². The fourth-order valence-corrected chi connectivity index (χ4v) is 2.29. The predicted octanol–water partition coefficient (Wildman–Crippen LogP) is 0.740. The molecule has 0 bridgehead atoms. The van der Waals surface area contributed by atoms with Crippen LogP contribution in [0.4, 0.5) is 0 Å². The zero-order chi connectivity index (χ0) is 9.73. The lowest BCUT2D eigenvalue weighted by Crippen LogP contribution is -2.54. The van der Waals surface area contributed by atoms with Crippen LogP contribution < -0.4 is 11.1 Å². The minimum Gasteiger partial charge on any atom is -0.383 e. The molecule has 1 rings (SSSR count). The maximum atomic E-state index is 5.84. The lowest BCUT2D eigenvalue weighted by Gasteiger charge is -2.33. The van der Waals surface area contributed by atoms with Gasteiger partial charge in [-0.15, -0.1) is 0 Å². The summed E-state index contributed by atoms with van der Waals surface area (Å²) in [6.07, 6.45) is 3.82. The molecule has 3 heteroatoms. The molecular formula is C10H22N2O. The van der Waals surface area contributed by atoms with Crippen LogP contribution in [0.1, 0.15) is 26.2 Å². The van der Waals surface area contributed by atoms with Gasteiger partial charge in [0.25, 0.3) is 0 Å². The maximum absolute atomic E-state index is 5.84. The van der Waals surface area contributed by atoms with E-state index < -0.39 is 0 Å². The number of hydrogen-bond acceptors (Lipinski definition) is 3. The Balaban J connectivity index is 2.39. The molecule has 0 aliphatic heterocycles. The second kappa shape index (κ2) is 4.94. The van der Waals surface area contributed by atoms with Crippen LogP contribution in [-0.2, 0) is 4.74 Å². The molecule has 3 nitrogen and oxygen atoms in total. The highest BCUT2D eigenvalue weighted by molar-refractivity contribution is 4.98. The first kappa shape index (κ1) is 11.0. The molecule has 3 N–H and O–H groups in total. The van der Waals surface area contributed by atoms with Gasteiger partial charge in [-0.25, -0.2) is 0 Å². The average Bonchev–Trinajstić information content (AvgIpc) is 2.49. The topological polar surface area (TPSA) is 47.3 Å². The van der Waals surface area contributed by atoms with Gasteiger partial charge in [0.1, 0.15) is 0 Å². The van der Waals surface area contributed by atoms with E-state index in [1.165, 1.54) is 19.3 Å². The second-order valence-electron chi connectivity index (χ2n) is 4.07. The molecule has 13 heavy (non-hydrogen) atoms. The summed E-state index contributed by atoms with van der Waals surface area (Å²) in [5.74, 6) is 0.703. The van der Waals surface area contributed by atoms with Crippen LogP contribution >= 0.6 is 0 Å². The van der Waals surface area contributed by atoms with Crippen LogP contribution in [-0.4, -0.2) is 32.3 Å². The molecule has 78 valence electrons. The summed E-state index contributed by atoms with van der Waals surface area (Å²) in [4.78, 5) is 0. The molecule has 1 fully saturated rings. The second-order valence-corrected chi connectivity index (χ2v) is 4.07. The summed E-state index contributed by atoms with van der Waals surface area (Å²) in [5.41, 5.74) is 6.03. The fraction of sp³-hybridized carbons (Fsp3) is 1.00. The Kier molecular flexibility index (Phi) is 4.16. The van der Waals surface area contributed by atoms with Gasteiger partial charge in [-0.05, 0) is 18.8 Å². The predicted molar refractivity (Wildman–Crippen MR) is 54.7 cm³/mol. The van der Waals surface area contributed by atoms with Gasteiger partial charge in [0.15, 0.2) is 0 Å². The molecule has 1 aliphatic rings. The normalized spacial score (nSPS) is 33.9. The highest BCUT2D eigenvalue weighted by Crippen LogP contribution is 2.34. The van der Waals surface area contributed by atoms with Crippen molar-refractivity contribution in [2.45, 2.75) is 31.7 Å². The van der Waals surface area contributed by atoms with Gasteiger partial charge < -0.3 is 15.8 Å². The quantitative estimate of drug-likeness (QED) is 0.623. The summed E-state index contributed by atoms with van der Waals surface area (Å²) in [7, 11) is 1.73. The van der Waals surface area contributed by atoms with Crippen molar-refractivity contribution < 1.29 is 4.74 Å². The Morgan fingerprint density at radius 1 is 1.62 bits per heavy atom. The van der Waals surface area contributed by atoms with Crippen LogP contribution in [0.25, 0.3) is 0 Å². The number of hydrogen-bond donors (Lipinski definition) is 2. The number of rotatable bonds is 5. The Bertz CT molecular complexity index is 152. The van der Waals surface area contributed by atoms with Crippen LogP contribution in [0.2, 0.25) is 0 Å². The minimum absolute atomic E-state index is 0.193. The molecule has 1 saturated carbocycles. The molecule has 2 atom stereocenters. The minimum atomic E-state index is 0.193. The lowest BCUT2D eigenvalue weighted by molar-refractivity contribution is 0.174. The summed E-state index contributed by atoms with van der Waals surface area (Å²) in [5, 5.41) is 3.55. The molecule has 0 aromatic carbocycles. The van der Waals surface area contributed by atoms with Gasteiger partial charge in [0.05, 0.1) is 6.61 Å². The number of methoxy groups -OCH3 is 1. The van der Waals surface area contributed by atoms with Crippen molar-refractivity contribution in [3.05, 3.63) is 0 Å². The van der Waals surface area contributed by atoms with Crippen LogP contribution in [0.5, 0.6) is 0 Å². The van der Waals surface area contributed by atoms with Crippen LogP contribution in [0, 0.1) is 5.92 Å². The van der Waals surface area contributed by atoms with E-state index >= 15 is 0 Å². The molecule has 0 saturated heterocycles. The standard InChI is InChI=1S/C10H22N2O/c1-9-4-3-5-10(9,8-11)12-6-7-13-2/h9,12H,3-8,11H2,1-2H3. The Morgan fingerprint density at radius 3 is 2.85 bits per heavy atom.